The zero-order valence-corrected chi connectivity index (χ0v) is 11.2. The molecule has 0 radical (unpaired) electrons. The summed E-state index contributed by atoms with van der Waals surface area (Å²) in [6.07, 6.45) is 1.54. The number of aromatic carboxylic acids is 1. The number of hydrogen-bond donors (Lipinski definition) is 1. The Balaban J connectivity index is 2.22. The maximum atomic E-state index is 11.1. The Kier molecular flexibility index (Phi) is 2.75. The number of hydrogen-bond acceptors (Lipinski definition) is 3. The minimum atomic E-state index is -0.966. The van der Waals surface area contributed by atoms with Gasteiger partial charge < -0.3 is 5.11 Å². The van der Waals surface area contributed by atoms with E-state index in [0.29, 0.717) is 11.5 Å². The molecule has 0 amide bonds. The van der Waals surface area contributed by atoms with E-state index in [2.05, 4.69) is 10.2 Å². The van der Waals surface area contributed by atoms with Crippen LogP contribution >= 0.6 is 0 Å². The molecule has 0 bridgehead atoms. The van der Waals surface area contributed by atoms with Crippen LogP contribution in [0, 0.1) is 13.8 Å². The van der Waals surface area contributed by atoms with E-state index in [0.717, 1.165) is 11.1 Å². The third kappa shape index (κ3) is 1.93. The van der Waals surface area contributed by atoms with Gasteiger partial charge in [-0.2, -0.15) is 0 Å². The minimum Gasteiger partial charge on any atom is -0.478 e. The van der Waals surface area contributed by atoms with Crippen molar-refractivity contribution in [3.8, 4) is 11.4 Å². The van der Waals surface area contributed by atoms with E-state index in [9.17, 15) is 4.79 Å². The Hall–Kier alpha value is -2.69. The van der Waals surface area contributed by atoms with Crippen molar-refractivity contribution in [2.75, 3.05) is 0 Å². The number of benzene rings is 1. The summed E-state index contributed by atoms with van der Waals surface area (Å²) in [7, 11) is 0. The quantitative estimate of drug-likeness (QED) is 0.775. The second-order valence-electron chi connectivity index (χ2n) is 4.77. The lowest BCUT2D eigenvalue weighted by Gasteiger charge is -2.04. The fourth-order valence-electron chi connectivity index (χ4n) is 2.09. The van der Waals surface area contributed by atoms with Crippen LogP contribution in [-0.4, -0.2) is 25.7 Å². The van der Waals surface area contributed by atoms with Crippen molar-refractivity contribution in [1.29, 1.82) is 0 Å². The Bertz CT molecular complexity index is 821. The molecule has 100 valence electrons. The van der Waals surface area contributed by atoms with Gasteiger partial charge in [0.25, 0.3) is 0 Å². The molecule has 20 heavy (non-hydrogen) atoms. The first-order valence-corrected chi connectivity index (χ1v) is 6.22. The van der Waals surface area contributed by atoms with Gasteiger partial charge in [-0.15, -0.1) is 10.2 Å². The summed E-state index contributed by atoms with van der Waals surface area (Å²) in [4.78, 5) is 11.1. The van der Waals surface area contributed by atoms with Gasteiger partial charge in [-0.1, -0.05) is 12.1 Å². The molecule has 1 N–H and O–H groups in total. The predicted octanol–water partition coefficient (Wildman–Crippen LogP) is 2.71. The van der Waals surface area contributed by atoms with Crippen LogP contribution in [0.5, 0.6) is 0 Å². The molecule has 1 aromatic carbocycles. The van der Waals surface area contributed by atoms with Gasteiger partial charge in [-0.05, 0) is 43.2 Å². The van der Waals surface area contributed by atoms with E-state index in [1.807, 2.05) is 32.0 Å². The molecule has 0 unspecified atom stereocenters. The van der Waals surface area contributed by atoms with E-state index in [-0.39, 0.29) is 5.56 Å². The molecule has 0 saturated carbocycles. The zero-order valence-electron chi connectivity index (χ0n) is 11.2. The molecular formula is C15H13N3O2. The van der Waals surface area contributed by atoms with Crippen molar-refractivity contribution in [1.82, 2.24) is 14.6 Å². The van der Waals surface area contributed by atoms with E-state index in [1.165, 1.54) is 11.6 Å². The van der Waals surface area contributed by atoms with Crippen LogP contribution in [0.4, 0.5) is 0 Å². The number of carboxylic acids is 1. The first-order chi connectivity index (χ1) is 9.56. The van der Waals surface area contributed by atoms with Crippen LogP contribution in [0.2, 0.25) is 0 Å². The van der Waals surface area contributed by atoms with E-state index in [1.54, 1.807) is 16.7 Å². The maximum absolute atomic E-state index is 11.1. The molecule has 2 heterocycles. The molecule has 5 nitrogen and oxygen atoms in total. The summed E-state index contributed by atoms with van der Waals surface area (Å²) >= 11 is 0. The molecule has 0 aliphatic rings. The normalized spacial score (nSPS) is 10.9. The minimum absolute atomic E-state index is 0.211. The van der Waals surface area contributed by atoms with Gasteiger partial charge in [0.15, 0.2) is 11.5 Å². The van der Waals surface area contributed by atoms with Crippen LogP contribution in [0.25, 0.3) is 17.0 Å². The van der Waals surface area contributed by atoms with Crippen molar-refractivity contribution in [2.24, 2.45) is 0 Å². The second kappa shape index (κ2) is 4.45. The largest absolute Gasteiger partial charge is 0.478 e. The number of nitrogens with zero attached hydrogens (tertiary/aromatic N) is 3. The lowest BCUT2D eigenvalue weighted by atomic mass is 10.1. The van der Waals surface area contributed by atoms with Gasteiger partial charge in [-0.25, -0.2) is 4.79 Å². The van der Waals surface area contributed by atoms with Crippen molar-refractivity contribution in [3.63, 3.8) is 0 Å². The zero-order chi connectivity index (χ0) is 14.3. The number of carbonyl (C=O) groups is 1. The van der Waals surface area contributed by atoms with Crippen LogP contribution in [0.15, 0.2) is 36.5 Å². The highest BCUT2D eigenvalue weighted by Gasteiger charge is 2.11. The summed E-state index contributed by atoms with van der Waals surface area (Å²) in [5, 5.41) is 17.3. The molecule has 3 rings (SSSR count). The number of rotatable bonds is 2. The van der Waals surface area contributed by atoms with Crippen molar-refractivity contribution in [3.05, 3.63) is 53.2 Å². The lowest BCUT2D eigenvalue weighted by molar-refractivity contribution is 0.0696. The average Bonchev–Trinajstić information content (AvgIpc) is 2.84. The molecule has 5 heteroatoms. The molecule has 0 aliphatic carbocycles. The SMILES string of the molecule is Cc1ccc(-c2nnc3ccc(C(=O)O)cn23)cc1C. The van der Waals surface area contributed by atoms with Gasteiger partial charge >= 0.3 is 5.97 Å². The number of aryl methyl sites for hydroxylation is 2. The van der Waals surface area contributed by atoms with Crippen molar-refractivity contribution >= 4 is 11.6 Å². The Morgan fingerprint density at radius 1 is 1.10 bits per heavy atom. The highest BCUT2D eigenvalue weighted by atomic mass is 16.4. The molecule has 0 fully saturated rings. The second-order valence-corrected chi connectivity index (χ2v) is 4.77. The summed E-state index contributed by atoms with van der Waals surface area (Å²) in [6, 6.07) is 9.19. The highest BCUT2D eigenvalue weighted by molar-refractivity contribution is 5.87. The van der Waals surface area contributed by atoms with Crippen LogP contribution in [-0.2, 0) is 0 Å². The Labute approximate surface area is 115 Å². The number of carboxylic acid groups (broad SMARTS) is 1. The summed E-state index contributed by atoms with van der Waals surface area (Å²) in [6.45, 7) is 4.08. The smallest absolute Gasteiger partial charge is 0.337 e. The fraction of sp³-hybridized carbons (Fsp3) is 0.133. The number of aromatic nitrogens is 3. The fourth-order valence-corrected chi connectivity index (χ4v) is 2.09. The summed E-state index contributed by atoms with van der Waals surface area (Å²) in [5.41, 5.74) is 4.12. The standard InChI is InChI=1S/C15H13N3O2/c1-9-3-4-11(7-10(9)2)14-17-16-13-6-5-12(15(19)20)8-18(13)14/h3-8H,1-2H3,(H,19,20). The molecule has 0 atom stereocenters. The Morgan fingerprint density at radius 3 is 2.60 bits per heavy atom. The van der Waals surface area contributed by atoms with Crippen LogP contribution in [0.1, 0.15) is 21.5 Å². The molecule has 0 aliphatic heterocycles. The average molecular weight is 267 g/mol. The molecule has 0 spiro atoms. The van der Waals surface area contributed by atoms with E-state index in [4.69, 9.17) is 5.11 Å². The van der Waals surface area contributed by atoms with Crippen molar-refractivity contribution in [2.45, 2.75) is 13.8 Å². The number of fused-ring (bicyclic) bond motifs is 1. The highest BCUT2D eigenvalue weighted by Crippen LogP contribution is 2.21. The monoisotopic (exact) mass is 267 g/mol. The lowest BCUT2D eigenvalue weighted by Crippen LogP contribution is -1.99. The topological polar surface area (TPSA) is 67.5 Å². The molecule has 0 saturated heterocycles. The molecule has 2 aromatic heterocycles. The molecular weight excluding hydrogens is 254 g/mol. The summed E-state index contributed by atoms with van der Waals surface area (Å²) in [5.74, 6) is -0.321. The van der Waals surface area contributed by atoms with Gasteiger partial charge in [-0.3, -0.25) is 4.40 Å². The molecule has 3 aromatic rings. The van der Waals surface area contributed by atoms with Gasteiger partial charge in [0.05, 0.1) is 5.56 Å². The van der Waals surface area contributed by atoms with Crippen LogP contribution < -0.4 is 0 Å². The first kappa shape index (κ1) is 12.3. The van der Waals surface area contributed by atoms with Gasteiger partial charge in [0.1, 0.15) is 0 Å². The number of pyridine rings is 1. The van der Waals surface area contributed by atoms with E-state index < -0.39 is 5.97 Å². The van der Waals surface area contributed by atoms with Crippen LogP contribution in [0.3, 0.4) is 0 Å². The van der Waals surface area contributed by atoms with E-state index >= 15 is 0 Å². The Morgan fingerprint density at radius 2 is 1.90 bits per heavy atom. The third-order valence-corrected chi connectivity index (χ3v) is 3.41. The maximum Gasteiger partial charge on any atom is 0.337 e. The first-order valence-electron chi connectivity index (χ1n) is 6.22. The third-order valence-electron chi connectivity index (χ3n) is 3.41. The van der Waals surface area contributed by atoms with Gasteiger partial charge in [0.2, 0.25) is 0 Å². The van der Waals surface area contributed by atoms with Gasteiger partial charge in [0, 0.05) is 11.8 Å². The predicted molar refractivity (Wildman–Crippen MR) is 74.9 cm³/mol. The summed E-state index contributed by atoms with van der Waals surface area (Å²) < 4.78 is 1.70. The van der Waals surface area contributed by atoms with Crippen molar-refractivity contribution < 1.29 is 9.90 Å².